The van der Waals surface area contributed by atoms with Crippen molar-refractivity contribution in [3.63, 3.8) is 0 Å². The van der Waals surface area contributed by atoms with Crippen molar-refractivity contribution in [3.8, 4) is 5.69 Å². The Morgan fingerprint density at radius 3 is 2.75 bits per heavy atom. The van der Waals surface area contributed by atoms with E-state index in [9.17, 15) is 9.18 Å². The highest BCUT2D eigenvalue weighted by atomic mass is 32.2. The summed E-state index contributed by atoms with van der Waals surface area (Å²) < 4.78 is 26.2. The summed E-state index contributed by atoms with van der Waals surface area (Å²) in [4.78, 5) is 17.4. The van der Waals surface area contributed by atoms with Crippen molar-refractivity contribution in [1.29, 1.82) is 0 Å². The van der Waals surface area contributed by atoms with E-state index in [4.69, 9.17) is 9.47 Å². The van der Waals surface area contributed by atoms with Crippen LogP contribution in [-0.4, -0.2) is 34.8 Å². The van der Waals surface area contributed by atoms with Gasteiger partial charge in [-0.2, -0.15) is 0 Å². The Hall–Kier alpha value is -1.74. The van der Waals surface area contributed by atoms with Gasteiger partial charge in [0.1, 0.15) is 10.5 Å². The highest BCUT2D eigenvalue weighted by Crippen LogP contribution is 2.25. The lowest BCUT2D eigenvalue weighted by atomic mass is 10.3. The van der Waals surface area contributed by atoms with E-state index in [-0.39, 0.29) is 17.7 Å². The van der Waals surface area contributed by atoms with Gasteiger partial charge in [0, 0.05) is 0 Å². The Balaban J connectivity index is 1.78. The van der Waals surface area contributed by atoms with Crippen molar-refractivity contribution in [2.75, 3.05) is 19.0 Å². The predicted molar refractivity (Wildman–Crippen MR) is 91.6 cm³/mol. The molecule has 5 nitrogen and oxygen atoms in total. The third kappa shape index (κ3) is 2.98. The first-order valence-corrected chi connectivity index (χ1v) is 9.21. The summed E-state index contributed by atoms with van der Waals surface area (Å²) in [6.07, 6.45) is -0.299. The van der Waals surface area contributed by atoms with Crippen LogP contribution in [-0.2, 0) is 9.47 Å². The topological polar surface area (TPSA) is 53.4 Å². The van der Waals surface area contributed by atoms with Gasteiger partial charge >= 0.3 is 0 Å². The minimum Gasteiger partial charge on any atom is -0.349 e. The molecule has 1 saturated heterocycles. The lowest BCUT2D eigenvalue weighted by molar-refractivity contribution is -0.0215. The highest BCUT2D eigenvalue weighted by molar-refractivity contribution is 7.99. The quantitative estimate of drug-likeness (QED) is 0.526. The molecule has 4 rings (SSSR count). The maximum absolute atomic E-state index is 13.2. The molecule has 1 aliphatic rings. The number of ether oxygens (including phenoxy) is 2. The Kier molecular flexibility index (Phi) is 4.36. The SMILES string of the molecule is O=c1c2sccc2nc(SCC2OCCO2)n1-c1ccc(F)cc1. The minimum atomic E-state index is -0.348. The van der Waals surface area contributed by atoms with Gasteiger partial charge in [0.2, 0.25) is 0 Å². The summed E-state index contributed by atoms with van der Waals surface area (Å²) >= 11 is 2.74. The monoisotopic (exact) mass is 364 g/mol. The van der Waals surface area contributed by atoms with Crippen molar-refractivity contribution >= 4 is 33.3 Å². The van der Waals surface area contributed by atoms with Gasteiger partial charge < -0.3 is 9.47 Å². The van der Waals surface area contributed by atoms with Crippen LogP contribution in [0.3, 0.4) is 0 Å². The van der Waals surface area contributed by atoms with Gasteiger partial charge in [0.05, 0.1) is 30.2 Å². The van der Waals surface area contributed by atoms with Gasteiger partial charge in [-0.3, -0.25) is 9.36 Å². The molecule has 0 spiro atoms. The molecule has 0 radical (unpaired) electrons. The largest absolute Gasteiger partial charge is 0.349 e. The smallest absolute Gasteiger partial charge is 0.276 e. The molecule has 0 bridgehead atoms. The van der Waals surface area contributed by atoms with Gasteiger partial charge in [0.25, 0.3) is 5.56 Å². The number of thiophene rings is 1. The first kappa shape index (κ1) is 15.8. The maximum Gasteiger partial charge on any atom is 0.276 e. The Labute approximate surface area is 145 Å². The van der Waals surface area contributed by atoms with Crippen LogP contribution in [0, 0.1) is 5.82 Å². The van der Waals surface area contributed by atoms with Crippen molar-refractivity contribution in [2.45, 2.75) is 11.4 Å². The molecule has 3 aromatic rings. The molecule has 8 heteroatoms. The third-order valence-electron chi connectivity index (χ3n) is 3.57. The molecule has 0 atom stereocenters. The average molecular weight is 364 g/mol. The Bertz CT molecular complexity index is 917. The van der Waals surface area contributed by atoms with Gasteiger partial charge in [0.15, 0.2) is 11.4 Å². The summed E-state index contributed by atoms with van der Waals surface area (Å²) in [5, 5.41) is 2.38. The molecule has 0 N–H and O–H groups in total. The number of thioether (sulfide) groups is 1. The van der Waals surface area contributed by atoms with Crippen molar-refractivity contribution < 1.29 is 13.9 Å². The number of nitrogens with zero attached hydrogens (tertiary/aromatic N) is 2. The van der Waals surface area contributed by atoms with Crippen LogP contribution in [0.2, 0.25) is 0 Å². The zero-order valence-electron chi connectivity index (χ0n) is 12.5. The summed E-state index contributed by atoms with van der Waals surface area (Å²) in [7, 11) is 0. The van der Waals surface area contributed by atoms with E-state index in [1.807, 2.05) is 11.4 Å². The van der Waals surface area contributed by atoms with E-state index in [1.165, 1.54) is 39.8 Å². The molecule has 3 heterocycles. The van der Waals surface area contributed by atoms with Gasteiger partial charge in [-0.05, 0) is 35.7 Å². The van der Waals surface area contributed by atoms with Crippen LogP contribution in [0.25, 0.3) is 15.9 Å². The second-order valence-corrected chi connectivity index (χ2v) is 7.03. The number of halogens is 1. The molecular weight excluding hydrogens is 351 g/mol. The molecule has 1 fully saturated rings. The van der Waals surface area contributed by atoms with Crippen LogP contribution in [0.15, 0.2) is 45.7 Å². The molecular formula is C16H13FN2O3S2. The van der Waals surface area contributed by atoms with Crippen molar-refractivity contribution in [2.24, 2.45) is 0 Å². The molecule has 1 aliphatic heterocycles. The van der Waals surface area contributed by atoms with Gasteiger partial charge in [-0.25, -0.2) is 9.37 Å². The van der Waals surface area contributed by atoms with E-state index in [2.05, 4.69) is 4.98 Å². The first-order valence-electron chi connectivity index (χ1n) is 7.34. The fourth-order valence-corrected chi connectivity index (χ4v) is 4.17. The lowest BCUT2D eigenvalue weighted by Crippen LogP contribution is -2.22. The first-order chi connectivity index (χ1) is 11.7. The number of hydrogen-bond donors (Lipinski definition) is 0. The van der Waals surface area contributed by atoms with Crippen LogP contribution in [0.5, 0.6) is 0 Å². The van der Waals surface area contributed by atoms with E-state index in [0.29, 0.717) is 40.0 Å². The van der Waals surface area contributed by atoms with E-state index >= 15 is 0 Å². The predicted octanol–water partition coefficient (Wildman–Crippen LogP) is 3.05. The summed E-state index contributed by atoms with van der Waals surface area (Å²) in [6, 6.07) is 7.63. The lowest BCUT2D eigenvalue weighted by Gasteiger charge is -2.13. The van der Waals surface area contributed by atoms with E-state index < -0.39 is 0 Å². The molecule has 0 amide bonds. The number of benzene rings is 1. The fraction of sp³-hybridized carbons (Fsp3) is 0.250. The van der Waals surface area contributed by atoms with Gasteiger partial charge in [-0.1, -0.05) is 11.8 Å². The molecule has 2 aromatic heterocycles. The molecule has 0 saturated carbocycles. The number of rotatable bonds is 4. The normalized spacial score (nSPS) is 15.4. The molecule has 1 aromatic carbocycles. The van der Waals surface area contributed by atoms with Crippen molar-refractivity contribution in [1.82, 2.24) is 9.55 Å². The standard InChI is InChI=1S/C16H13FN2O3S2/c17-10-1-3-11(4-2-10)19-15(20)14-12(5-8-23-14)18-16(19)24-9-13-21-6-7-22-13/h1-5,8,13H,6-7,9H2. The summed E-state index contributed by atoms with van der Waals surface area (Å²) in [6.45, 7) is 1.15. The fourth-order valence-electron chi connectivity index (χ4n) is 2.45. The molecule has 0 unspecified atom stereocenters. The van der Waals surface area contributed by atoms with Crippen LogP contribution in [0.4, 0.5) is 4.39 Å². The average Bonchev–Trinajstić information content (AvgIpc) is 3.25. The number of hydrogen-bond acceptors (Lipinski definition) is 6. The van der Waals surface area contributed by atoms with Crippen LogP contribution in [0.1, 0.15) is 0 Å². The second kappa shape index (κ2) is 6.64. The maximum atomic E-state index is 13.2. The minimum absolute atomic E-state index is 0.155. The van der Waals surface area contributed by atoms with E-state index in [1.54, 1.807) is 12.1 Å². The zero-order chi connectivity index (χ0) is 16.5. The Morgan fingerprint density at radius 2 is 2.00 bits per heavy atom. The number of aromatic nitrogens is 2. The Morgan fingerprint density at radius 1 is 1.25 bits per heavy atom. The summed E-state index contributed by atoms with van der Waals surface area (Å²) in [5.74, 6) is 0.183. The van der Waals surface area contributed by atoms with Gasteiger partial charge in [-0.15, -0.1) is 11.3 Å². The molecule has 24 heavy (non-hydrogen) atoms. The third-order valence-corrected chi connectivity index (χ3v) is 5.44. The van der Waals surface area contributed by atoms with Crippen molar-refractivity contribution in [3.05, 3.63) is 51.9 Å². The van der Waals surface area contributed by atoms with Crippen LogP contribution >= 0.6 is 23.1 Å². The van der Waals surface area contributed by atoms with Crippen LogP contribution < -0.4 is 5.56 Å². The van der Waals surface area contributed by atoms with E-state index in [0.717, 1.165) is 0 Å². The number of fused-ring (bicyclic) bond motifs is 1. The molecule has 0 aliphatic carbocycles. The molecule has 124 valence electrons. The zero-order valence-corrected chi connectivity index (χ0v) is 14.1. The summed E-state index contributed by atoms with van der Waals surface area (Å²) in [5.41, 5.74) is 1.09. The second-order valence-electron chi connectivity index (χ2n) is 5.13. The highest BCUT2D eigenvalue weighted by Gasteiger charge is 2.19.